The predicted molar refractivity (Wildman–Crippen MR) is 61.2 cm³/mol. The SMILES string of the molecule is CC.CCCC1(N)CC=C(C)C(=O)C1. The monoisotopic (exact) mass is 197 g/mol. The molecule has 0 bridgehead atoms. The molecule has 0 radical (unpaired) electrons. The van der Waals surface area contributed by atoms with Gasteiger partial charge in [0.05, 0.1) is 0 Å². The quantitative estimate of drug-likeness (QED) is 0.739. The van der Waals surface area contributed by atoms with Crippen LogP contribution in [0.4, 0.5) is 0 Å². The molecule has 0 aromatic heterocycles. The Bertz CT molecular complexity index is 220. The third-order valence-corrected chi connectivity index (χ3v) is 2.52. The van der Waals surface area contributed by atoms with Gasteiger partial charge in [-0.2, -0.15) is 0 Å². The van der Waals surface area contributed by atoms with Crippen LogP contribution < -0.4 is 5.73 Å². The van der Waals surface area contributed by atoms with Gasteiger partial charge in [0.2, 0.25) is 0 Å². The molecule has 2 N–H and O–H groups in total. The third-order valence-electron chi connectivity index (χ3n) is 2.52. The fourth-order valence-corrected chi connectivity index (χ4v) is 1.69. The Balaban J connectivity index is 0.000000791. The van der Waals surface area contributed by atoms with Crippen LogP contribution in [0.3, 0.4) is 0 Å². The molecule has 1 aliphatic carbocycles. The van der Waals surface area contributed by atoms with Crippen LogP contribution in [0.2, 0.25) is 0 Å². The van der Waals surface area contributed by atoms with E-state index < -0.39 is 0 Å². The molecule has 0 aromatic rings. The summed E-state index contributed by atoms with van der Waals surface area (Å²) in [5.41, 5.74) is 6.69. The number of carbonyl (C=O) groups is 1. The summed E-state index contributed by atoms with van der Waals surface area (Å²) >= 11 is 0. The molecule has 0 amide bonds. The average molecular weight is 197 g/mol. The zero-order valence-corrected chi connectivity index (χ0v) is 9.89. The zero-order valence-electron chi connectivity index (χ0n) is 9.89. The first kappa shape index (κ1) is 13.4. The second-order valence-electron chi connectivity index (χ2n) is 3.80. The second kappa shape index (κ2) is 5.97. The highest BCUT2D eigenvalue weighted by Crippen LogP contribution is 2.26. The van der Waals surface area contributed by atoms with Gasteiger partial charge in [-0.05, 0) is 25.3 Å². The molecule has 1 aliphatic rings. The molecule has 1 atom stereocenters. The van der Waals surface area contributed by atoms with E-state index in [4.69, 9.17) is 5.73 Å². The topological polar surface area (TPSA) is 43.1 Å². The van der Waals surface area contributed by atoms with Gasteiger partial charge in [-0.3, -0.25) is 4.79 Å². The van der Waals surface area contributed by atoms with Crippen molar-refractivity contribution in [1.82, 2.24) is 0 Å². The van der Waals surface area contributed by atoms with Gasteiger partial charge >= 0.3 is 0 Å². The molecule has 0 aromatic carbocycles. The number of allylic oxidation sites excluding steroid dienone is 1. The maximum Gasteiger partial charge on any atom is 0.160 e. The molecule has 1 rings (SSSR count). The van der Waals surface area contributed by atoms with Crippen LogP contribution in [-0.2, 0) is 4.79 Å². The number of rotatable bonds is 2. The average Bonchev–Trinajstić information content (AvgIpc) is 2.16. The molecule has 0 saturated carbocycles. The van der Waals surface area contributed by atoms with Crippen LogP contribution in [-0.4, -0.2) is 11.3 Å². The van der Waals surface area contributed by atoms with Crippen molar-refractivity contribution >= 4 is 5.78 Å². The Hall–Kier alpha value is -0.630. The van der Waals surface area contributed by atoms with E-state index in [1.165, 1.54) is 0 Å². The van der Waals surface area contributed by atoms with Gasteiger partial charge in [0.15, 0.2) is 5.78 Å². The van der Waals surface area contributed by atoms with Gasteiger partial charge in [-0.25, -0.2) is 0 Å². The lowest BCUT2D eigenvalue weighted by molar-refractivity contribution is -0.117. The number of ketones is 1. The Morgan fingerprint density at radius 3 is 2.50 bits per heavy atom. The summed E-state index contributed by atoms with van der Waals surface area (Å²) in [6, 6.07) is 0. The van der Waals surface area contributed by atoms with Crippen molar-refractivity contribution in [3.8, 4) is 0 Å². The third kappa shape index (κ3) is 3.62. The minimum atomic E-state index is -0.245. The van der Waals surface area contributed by atoms with E-state index in [2.05, 4.69) is 6.92 Å². The standard InChI is InChI=1S/C10H17NO.C2H6/c1-3-5-10(11)6-4-8(2)9(12)7-10;1-2/h4H,3,5-7,11H2,1-2H3;1-2H3. The highest BCUT2D eigenvalue weighted by atomic mass is 16.1. The van der Waals surface area contributed by atoms with Gasteiger partial charge in [0.25, 0.3) is 0 Å². The lowest BCUT2D eigenvalue weighted by Gasteiger charge is -2.30. The number of nitrogens with two attached hydrogens (primary N) is 1. The van der Waals surface area contributed by atoms with Crippen LogP contribution in [0, 0.1) is 0 Å². The minimum absolute atomic E-state index is 0.220. The molecular formula is C12H23NO. The van der Waals surface area contributed by atoms with Crippen LogP contribution in [0.25, 0.3) is 0 Å². The number of hydrogen-bond acceptors (Lipinski definition) is 2. The molecular weight excluding hydrogens is 174 g/mol. The Kier molecular flexibility index (Phi) is 5.70. The normalized spacial score (nSPS) is 26.4. The van der Waals surface area contributed by atoms with Crippen LogP contribution in [0.1, 0.15) is 53.4 Å². The first-order valence-electron chi connectivity index (χ1n) is 5.56. The van der Waals surface area contributed by atoms with E-state index in [0.717, 1.165) is 24.8 Å². The Morgan fingerprint density at radius 2 is 2.07 bits per heavy atom. The lowest BCUT2D eigenvalue weighted by atomic mass is 9.80. The Morgan fingerprint density at radius 1 is 1.50 bits per heavy atom. The highest BCUT2D eigenvalue weighted by molar-refractivity contribution is 5.96. The van der Waals surface area contributed by atoms with Gasteiger partial charge in [0, 0.05) is 12.0 Å². The van der Waals surface area contributed by atoms with Crippen molar-refractivity contribution in [2.45, 2.75) is 58.9 Å². The van der Waals surface area contributed by atoms with Gasteiger partial charge in [-0.1, -0.05) is 33.3 Å². The number of Topliss-reactive ketones (excluding diaryl/α,β-unsaturated/α-hetero) is 1. The molecule has 0 aliphatic heterocycles. The van der Waals surface area contributed by atoms with Crippen molar-refractivity contribution in [3.05, 3.63) is 11.6 Å². The van der Waals surface area contributed by atoms with Crippen LogP contribution >= 0.6 is 0 Å². The molecule has 0 fully saturated rings. The van der Waals surface area contributed by atoms with E-state index in [-0.39, 0.29) is 11.3 Å². The first-order chi connectivity index (χ1) is 6.57. The summed E-state index contributed by atoms with van der Waals surface area (Å²) in [6.07, 6.45) is 5.36. The molecule has 2 heteroatoms. The second-order valence-corrected chi connectivity index (χ2v) is 3.80. The first-order valence-corrected chi connectivity index (χ1v) is 5.56. The summed E-state index contributed by atoms with van der Waals surface area (Å²) in [7, 11) is 0. The summed E-state index contributed by atoms with van der Waals surface area (Å²) in [4.78, 5) is 11.3. The molecule has 2 nitrogen and oxygen atoms in total. The van der Waals surface area contributed by atoms with Crippen molar-refractivity contribution < 1.29 is 4.79 Å². The fourth-order valence-electron chi connectivity index (χ4n) is 1.69. The summed E-state index contributed by atoms with van der Waals surface area (Å²) in [5.74, 6) is 0.220. The van der Waals surface area contributed by atoms with Gasteiger partial charge in [0.1, 0.15) is 0 Å². The molecule has 14 heavy (non-hydrogen) atoms. The Labute approximate surface area is 87.6 Å². The maximum absolute atomic E-state index is 11.3. The van der Waals surface area contributed by atoms with E-state index in [9.17, 15) is 4.79 Å². The molecule has 0 spiro atoms. The van der Waals surface area contributed by atoms with Crippen molar-refractivity contribution in [3.63, 3.8) is 0 Å². The van der Waals surface area contributed by atoms with Crippen LogP contribution in [0.15, 0.2) is 11.6 Å². The molecule has 0 saturated heterocycles. The van der Waals surface area contributed by atoms with Crippen LogP contribution in [0.5, 0.6) is 0 Å². The number of hydrogen-bond donors (Lipinski definition) is 1. The van der Waals surface area contributed by atoms with Crippen molar-refractivity contribution in [2.24, 2.45) is 5.73 Å². The predicted octanol–water partition coefficient (Wildman–Crippen LogP) is 2.82. The van der Waals surface area contributed by atoms with Crippen molar-refractivity contribution in [1.29, 1.82) is 0 Å². The minimum Gasteiger partial charge on any atom is -0.324 e. The molecule has 0 heterocycles. The highest BCUT2D eigenvalue weighted by Gasteiger charge is 2.29. The summed E-state index contributed by atoms with van der Waals surface area (Å²) in [6.45, 7) is 7.97. The fraction of sp³-hybridized carbons (Fsp3) is 0.750. The smallest absolute Gasteiger partial charge is 0.160 e. The number of carbonyl (C=O) groups excluding carboxylic acids is 1. The summed E-state index contributed by atoms with van der Waals surface area (Å²) < 4.78 is 0. The van der Waals surface area contributed by atoms with E-state index in [1.54, 1.807) is 0 Å². The van der Waals surface area contributed by atoms with Gasteiger partial charge < -0.3 is 5.73 Å². The summed E-state index contributed by atoms with van der Waals surface area (Å²) in [5, 5.41) is 0. The largest absolute Gasteiger partial charge is 0.324 e. The lowest BCUT2D eigenvalue weighted by Crippen LogP contribution is -2.43. The molecule has 1 unspecified atom stereocenters. The maximum atomic E-state index is 11.3. The van der Waals surface area contributed by atoms with Crippen molar-refractivity contribution in [2.75, 3.05) is 0 Å². The zero-order chi connectivity index (χ0) is 11.2. The molecule has 82 valence electrons. The van der Waals surface area contributed by atoms with E-state index >= 15 is 0 Å². The van der Waals surface area contributed by atoms with E-state index in [1.807, 2.05) is 26.8 Å². The van der Waals surface area contributed by atoms with E-state index in [0.29, 0.717) is 6.42 Å². The van der Waals surface area contributed by atoms with Gasteiger partial charge in [-0.15, -0.1) is 0 Å².